The molecule has 7 heteroatoms. The third-order valence-electron chi connectivity index (χ3n) is 6.06. The van der Waals surface area contributed by atoms with Gasteiger partial charge in [0.1, 0.15) is 18.2 Å². The standard InChI is InChI=1S/C29H24F2N4O/c30-22-13-19(14-23(31)17-22)15-26(29-25(8-4-11-33-29)21-6-3-7-24(32)16-21)34-28(36)18-35-12-10-20-5-1-2-9-27(20)35/h1-14,16-17,26H,15,18,32H2,(H,34,36)/t26-/m0/s1. The zero-order chi connectivity index (χ0) is 25.1. The minimum atomic E-state index is -0.675. The molecule has 0 fully saturated rings. The van der Waals surface area contributed by atoms with Crippen LogP contribution in [0.3, 0.4) is 0 Å². The number of pyridine rings is 1. The third-order valence-corrected chi connectivity index (χ3v) is 6.06. The van der Waals surface area contributed by atoms with Gasteiger partial charge in [-0.2, -0.15) is 0 Å². The van der Waals surface area contributed by atoms with Crippen molar-refractivity contribution in [3.05, 3.63) is 120 Å². The zero-order valence-corrected chi connectivity index (χ0v) is 19.4. The summed E-state index contributed by atoms with van der Waals surface area (Å²) in [6.07, 6.45) is 3.65. The second-order valence-corrected chi connectivity index (χ2v) is 8.67. The normalized spacial score (nSPS) is 11.9. The van der Waals surface area contributed by atoms with Crippen LogP contribution in [0.2, 0.25) is 0 Å². The van der Waals surface area contributed by atoms with Crippen molar-refractivity contribution in [2.24, 2.45) is 0 Å². The predicted molar refractivity (Wildman–Crippen MR) is 137 cm³/mol. The van der Waals surface area contributed by atoms with Crippen LogP contribution in [0.15, 0.2) is 97.3 Å². The Morgan fingerprint density at radius 1 is 0.944 bits per heavy atom. The van der Waals surface area contributed by atoms with E-state index in [1.54, 1.807) is 18.3 Å². The van der Waals surface area contributed by atoms with E-state index in [2.05, 4.69) is 10.3 Å². The first-order valence-electron chi connectivity index (χ1n) is 11.6. The molecular formula is C29H24F2N4O. The van der Waals surface area contributed by atoms with E-state index in [4.69, 9.17) is 5.73 Å². The number of amides is 1. The number of hydrogen-bond acceptors (Lipinski definition) is 3. The number of rotatable bonds is 7. The Hall–Kier alpha value is -4.52. The lowest BCUT2D eigenvalue weighted by atomic mass is 9.95. The van der Waals surface area contributed by atoms with Crippen LogP contribution in [0.25, 0.3) is 22.0 Å². The number of aromatic nitrogens is 2. The highest BCUT2D eigenvalue weighted by Gasteiger charge is 2.22. The van der Waals surface area contributed by atoms with E-state index in [0.717, 1.165) is 28.1 Å². The van der Waals surface area contributed by atoms with Crippen LogP contribution in [0.4, 0.5) is 14.5 Å². The van der Waals surface area contributed by atoms with Gasteiger partial charge >= 0.3 is 0 Å². The van der Waals surface area contributed by atoms with Gasteiger partial charge in [-0.1, -0.05) is 36.4 Å². The third kappa shape index (κ3) is 5.10. The summed E-state index contributed by atoms with van der Waals surface area (Å²) in [7, 11) is 0. The van der Waals surface area contributed by atoms with Crippen molar-refractivity contribution in [1.29, 1.82) is 0 Å². The molecule has 1 amide bonds. The molecule has 3 N–H and O–H groups in total. The highest BCUT2D eigenvalue weighted by atomic mass is 19.1. The summed E-state index contributed by atoms with van der Waals surface area (Å²) >= 11 is 0. The van der Waals surface area contributed by atoms with Gasteiger partial charge in [-0.3, -0.25) is 9.78 Å². The van der Waals surface area contributed by atoms with Gasteiger partial charge in [-0.05, 0) is 65.4 Å². The molecule has 5 nitrogen and oxygen atoms in total. The van der Waals surface area contributed by atoms with Crippen LogP contribution in [0.5, 0.6) is 0 Å². The van der Waals surface area contributed by atoms with E-state index >= 15 is 0 Å². The van der Waals surface area contributed by atoms with Crippen molar-refractivity contribution in [1.82, 2.24) is 14.9 Å². The fraction of sp³-hybridized carbons (Fsp3) is 0.103. The van der Waals surface area contributed by atoms with Crippen LogP contribution in [-0.4, -0.2) is 15.5 Å². The molecule has 0 aliphatic carbocycles. The van der Waals surface area contributed by atoms with Gasteiger partial charge in [0, 0.05) is 35.2 Å². The van der Waals surface area contributed by atoms with Crippen molar-refractivity contribution < 1.29 is 13.6 Å². The Balaban J connectivity index is 1.50. The molecule has 36 heavy (non-hydrogen) atoms. The smallest absolute Gasteiger partial charge is 0.240 e. The molecule has 0 aliphatic rings. The number of fused-ring (bicyclic) bond motifs is 1. The topological polar surface area (TPSA) is 72.9 Å². The molecule has 3 aromatic carbocycles. The van der Waals surface area contributed by atoms with E-state index in [0.29, 0.717) is 16.9 Å². The monoisotopic (exact) mass is 482 g/mol. The molecule has 0 saturated heterocycles. The first kappa shape index (κ1) is 23.2. The quantitative estimate of drug-likeness (QED) is 0.294. The summed E-state index contributed by atoms with van der Waals surface area (Å²) in [5.74, 6) is -1.60. The lowest BCUT2D eigenvalue weighted by molar-refractivity contribution is -0.122. The van der Waals surface area contributed by atoms with Crippen LogP contribution >= 0.6 is 0 Å². The van der Waals surface area contributed by atoms with Crippen LogP contribution in [0.1, 0.15) is 17.3 Å². The molecule has 5 aromatic rings. The number of nitrogens with two attached hydrogens (primary N) is 1. The number of carbonyl (C=O) groups is 1. The molecule has 180 valence electrons. The molecule has 5 rings (SSSR count). The van der Waals surface area contributed by atoms with Crippen LogP contribution in [-0.2, 0) is 17.8 Å². The second kappa shape index (κ2) is 10.00. The lowest BCUT2D eigenvalue weighted by Gasteiger charge is -2.22. The molecule has 0 unspecified atom stereocenters. The molecule has 0 bridgehead atoms. The number of para-hydroxylation sites is 1. The molecule has 1 atom stereocenters. The summed E-state index contributed by atoms with van der Waals surface area (Å²) in [5, 5.41) is 4.08. The van der Waals surface area contributed by atoms with Crippen molar-refractivity contribution in [3.8, 4) is 11.1 Å². The summed E-state index contributed by atoms with van der Waals surface area (Å²) < 4.78 is 29.8. The Kier molecular flexibility index (Phi) is 6.45. The summed E-state index contributed by atoms with van der Waals surface area (Å²) in [6, 6.07) is 23.5. The maximum Gasteiger partial charge on any atom is 0.240 e. The minimum Gasteiger partial charge on any atom is -0.399 e. The second-order valence-electron chi connectivity index (χ2n) is 8.67. The number of carbonyl (C=O) groups excluding carboxylic acids is 1. The largest absolute Gasteiger partial charge is 0.399 e. The Morgan fingerprint density at radius 3 is 2.56 bits per heavy atom. The molecule has 2 heterocycles. The van der Waals surface area contributed by atoms with E-state index in [9.17, 15) is 13.6 Å². The number of halogens is 2. The highest BCUT2D eigenvalue weighted by Crippen LogP contribution is 2.30. The Labute approximate surface area is 207 Å². The summed E-state index contributed by atoms with van der Waals surface area (Å²) in [4.78, 5) is 17.8. The number of nitrogens with one attached hydrogen (secondary N) is 1. The fourth-order valence-corrected chi connectivity index (χ4v) is 4.50. The van der Waals surface area contributed by atoms with Gasteiger partial charge < -0.3 is 15.6 Å². The van der Waals surface area contributed by atoms with Crippen LogP contribution in [0, 0.1) is 11.6 Å². The molecule has 0 saturated carbocycles. The van der Waals surface area contributed by atoms with Gasteiger partial charge in [0.2, 0.25) is 5.91 Å². The maximum absolute atomic E-state index is 14.0. The zero-order valence-electron chi connectivity index (χ0n) is 19.4. The van der Waals surface area contributed by atoms with E-state index in [-0.39, 0.29) is 18.9 Å². The number of hydrogen-bond donors (Lipinski definition) is 2. The Bertz CT molecular complexity index is 1530. The predicted octanol–water partition coefficient (Wildman–Crippen LogP) is 5.66. The fourth-order valence-electron chi connectivity index (χ4n) is 4.50. The Morgan fingerprint density at radius 2 is 1.75 bits per heavy atom. The van der Waals surface area contributed by atoms with Gasteiger partial charge in [0.25, 0.3) is 0 Å². The van der Waals surface area contributed by atoms with Gasteiger partial charge in [0.15, 0.2) is 0 Å². The van der Waals surface area contributed by atoms with Crippen molar-refractivity contribution in [2.45, 2.75) is 19.0 Å². The highest BCUT2D eigenvalue weighted by molar-refractivity contribution is 5.83. The van der Waals surface area contributed by atoms with Crippen molar-refractivity contribution in [2.75, 3.05) is 5.73 Å². The van der Waals surface area contributed by atoms with Crippen LogP contribution < -0.4 is 11.1 Å². The first-order chi connectivity index (χ1) is 17.5. The number of nitrogens with zero attached hydrogens (tertiary/aromatic N) is 2. The average molecular weight is 483 g/mol. The lowest BCUT2D eigenvalue weighted by Crippen LogP contribution is -2.33. The SMILES string of the molecule is Nc1cccc(-c2cccnc2[C@H](Cc2cc(F)cc(F)c2)NC(=O)Cn2ccc3ccccc32)c1. The molecule has 0 spiro atoms. The van der Waals surface area contributed by atoms with E-state index < -0.39 is 17.7 Å². The number of anilines is 1. The van der Waals surface area contributed by atoms with Gasteiger partial charge in [0.05, 0.1) is 11.7 Å². The number of benzene rings is 3. The molecule has 0 radical (unpaired) electrons. The van der Waals surface area contributed by atoms with Gasteiger partial charge in [-0.25, -0.2) is 8.78 Å². The molecular weight excluding hydrogens is 458 g/mol. The maximum atomic E-state index is 14.0. The van der Waals surface area contributed by atoms with E-state index in [1.807, 2.05) is 65.4 Å². The van der Waals surface area contributed by atoms with Crippen molar-refractivity contribution in [3.63, 3.8) is 0 Å². The minimum absolute atomic E-state index is 0.0853. The number of nitrogen functional groups attached to an aromatic ring is 1. The summed E-state index contributed by atoms with van der Waals surface area (Å²) in [5.41, 5.74) is 10.1. The molecule has 0 aliphatic heterocycles. The summed E-state index contributed by atoms with van der Waals surface area (Å²) in [6.45, 7) is 0.0853. The molecule has 2 aromatic heterocycles. The van der Waals surface area contributed by atoms with E-state index in [1.165, 1.54) is 12.1 Å². The first-order valence-corrected chi connectivity index (χ1v) is 11.6. The van der Waals surface area contributed by atoms with Gasteiger partial charge in [-0.15, -0.1) is 0 Å². The van der Waals surface area contributed by atoms with Crippen molar-refractivity contribution >= 4 is 22.5 Å². The average Bonchev–Trinajstić information content (AvgIpc) is 3.26.